The van der Waals surface area contributed by atoms with Crippen LogP contribution < -0.4 is 4.74 Å². The summed E-state index contributed by atoms with van der Waals surface area (Å²) in [6.45, 7) is 0.307. The summed E-state index contributed by atoms with van der Waals surface area (Å²) in [5.41, 5.74) is 1.70. The zero-order valence-electron chi connectivity index (χ0n) is 13.5. The molecule has 0 spiro atoms. The first-order valence-corrected chi connectivity index (χ1v) is 7.92. The highest BCUT2D eigenvalue weighted by molar-refractivity contribution is 5.79. The number of benzene rings is 2. The lowest BCUT2D eigenvalue weighted by Gasteiger charge is -2.25. The molecule has 1 heterocycles. The van der Waals surface area contributed by atoms with E-state index in [9.17, 15) is 14.3 Å². The fraction of sp³-hybridized carbons (Fsp3) is 0.316. The zero-order chi connectivity index (χ0) is 17.1. The molecule has 2 atom stereocenters. The fourth-order valence-corrected chi connectivity index (χ4v) is 3.13. The number of hydrogen-bond donors (Lipinski definition) is 1. The number of nitrogens with zero attached hydrogens (tertiary/aromatic N) is 1. The van der Waals surface area contributed by atoms with Crippen LogP contribution in [0.25, 0.3) is 0 Å². The zero-order valence-corrected chi connectivity index (χ0v) is 13.5. The lowest BCUT2D eigenvalue weighted by atomic mass is 10.0. The molecule has 2 aromatic rings. The van der Waals surface area contributed by atoms with Crippen molar-refractivity contribution in [3.05, 3.63) is 65.5 Å². The SMILES string of the molecule is COc1cccc([C@@H]2C[C@H](O)CN2C(=O)Cc2ccc(F)cc2)c1. The Kier molecular flexibility index (Phi) is 4.81. The van der Waals surface area contributed by atoms with Gasteiger partial charge in [0, 0.05) is 6.54 Å². The van der Waals surface area contributed by atoms with E-state index in [1.54, 1.807) is 24.1 Å². The monoisotopic (exact) mass is 329 g/mol. The Morgan fingerprint density at radius 1 is 1.29 bits per heavy atom. The molecule has 1 saturated heterocycles. The lowest BCUT2D eigenvalue weighted by Crippen LogP contribution is -2.33. The van der Waals surface area contributed by atoms with Gasteiger partial charge in [0.15, 0.2) is 0 Å². The van der Waals surface area contributed by atoms with Crippen LogP contribution in [0.5, 0.6) is 5.75 Å². The van der Waals surface area contributed by atoms with Crippen molar-refractivity contribution < 1.29 is 19.0 Å². The van der Waals surface area contributed by atoms with Crippen LogP contribution in [0.4, 0.5) is 4.39 Å². The number of ether oxygens (including phenoxy) is 1. The first-order valence-electron chi connectivity index (χ1n) is 7.92. The Balaban J connectivity index is 1.79. The quantitative estimate of drug-likeness (QED) is 0.938. The van der Waals surface area contributed by atoms with Gasteiger partial charge in [-0.1, -0.05) is 24.3 Å². The van der Waals surface area contributed by atoms with Gasteiger partial charge in [-0.2, -0.15) is 0 Å². The van der Waals surface area contributed by atoms with Gasteiger partial charge in [0.2, 0.25) is 5.91 Å². The number of carbonyl (C=O) groups is 1. The van der Waals surface area contributed by atoms with E-state index in [-0.39, 0.29) is 24.2 Å². The van der Waals surface area contributed by atoms with E-state index in [0.29, 0.717) is 13.0 Å². The molecule has 0 bridgehead atoms. The van der Waals surface area contributed by atoms with Gasteiger partial charge in [0.05, 0.1) is 25.7 Å². The Morgan fingerprint density at radius 3 is 2.75 bits per heavy atom. The van der Waals surface area contributed by atoms with Crippen LogP contribution in [-0.4, -0.2) is 35.7 Å². The van der Waals surface area contributed by atoms with Crippen molar-refractivity contribution in [3.8, 4) is 5.75 Å². The maximum Gasteiger partial charge on any atom is 0.227 e. The van der Waals surface area contributed by atoms with Crippen molar-refractivity contribution in [2.45, 2.75) is 25.0 Å². The molecule has 1 aliphatic heterocycles. The second-order valence-corrected chi connectivity index (χ2v) is 6.03. The summed E-state index contributed by atoms with van der Waals surface area (Å²) < 4.78 is 18.2. The lowest BCUT2D eigenvalue weighted by molar-refractivity contribution is -0.131. The third kappa shape index (κ3) is 3.57. The van der Waals surface area contributed by atoms with Crippen LogP contribution in [0.2, 0.25) is 0 Å². The molecule has 2 aromatic carbocycles. The maximum atomic E-state index is 13.0. The number of aliphatic hydroxyl groups is 1. The Bertz CT molecular complexity index is 717. The van der Waals surface area contributed by atoms with E-state index in [2.05, 4.69) is 0 Å². The molecule has 1 amide bonds. The van der Waals surface area contributed by atoms with E-state index in [1.807, 2.05) is 24.3 Å². The van der Waals surface area contributed by atoms with E-state index < -0.39 is 6.10 Å². The summed E-state index contributed by atoms with van der Waals surface area (Å²) in [5.74, 6) is 0.322. The van der Waals surface area contributed by atoms with Crippen molar-refractivity contribution in [3.63, 3.8) is 0 Å². The van der Waals surface area contributed by atoms with Gasteiger partial charge >= 0.3 is 0 Å². The van der Waals surface area contributed by atoms with Crippen LogP contribution in [0.3, 0.4) is 0 Å². The summed E-state index contributed by atoms with van der Waals surface area (Å²) >= 11 is 0. The molecule has 0 saturated carbocycles. The van der Waals surface area contributed by atoms with Gasteiger partial charge in [-0.05, 0) is 41.8 Å². The van der Waals surface area contributed by atoms with Gasteiger partial charge < -0.3 is 14.7 Å². The van der Waals surface area contributed by atoms with Crippen LogP contribution in [0.15, 0.2) is 48.5 Å². The van der Waals surface area contributed by atoms with Gasteiger partial charge in [-0.25, -0.2) is 4.39 Å². The molecule has 0 unspecified atom stereocenters. The summed E-state index contributed by atoms with van der Waals surface area (Å²) in [4.78, 5) is 14.4. The molecule has 126 valence electrons. The standard InChI is InChI=1S/C19H20FNO3/c1-24-17-4-2-3-14(10-17)18-11-16(22)12-21(18)19(23)9-13-5-7-15(20)8-6-13/h2-8,10,16,18,22H,9,11-12H2,1H3/t16-,18-/m0/s1. The molecule has 0 aliphatic carbocycles. The molecule has 0 radical (unpaired) electrons. The highest BCUT2D eigenvalue weighted by Gasteiger charge is 2.35. The van der Waals surface area contributed by atoms with Crippen molar-refractivity contribution in [2.75, 3.05) is 13.7 Å². The largest absolute Gasteiger partial charge is 0.497 e. The van der Waals surface area contributed by atoms with Crippen LogP contribution in [0, 0.1) is 5.82 Å². The maximum absolute atomic E-state index is 13.0. The minimum Gasteiger partial charge on any atom is -0.497 e. The van der Waals surface area contributed by atoms with Crippen LogP contribution in [0.1, 0.15) is 23.6 Å². The second-order valence-electron chi connectivity index (χ2n) is 6.03. The molecule has 3 rings (SSSR count). The smallest absolute Gasteiger partial charge is 0.227 e. The molecule has 24 heavy (non-hydrogen) atoms. The number of amides is 1. The van der Waals surface area contributed by atoms with Crippen molar-refractivity contribution in [1.29, 1.82) is 0 Å². The van der Waals surface area contributed by atoms with Gasteiger partial charge in [-0.3, -0.25) is 4.79 Å². The first kappa shape index (κ1) is 16.5. The Hall–Kier alpha value is -2.40. The van der Waals surface area contributed by atoms with E-state index in [1.165, 1.54) is 12.1 Å². The number of β-amino-alcohol motifs (C(OH)–C–C–N with tert-alkyl or cyclic N) is 1. The topological polar surface area (TPSA) is 49.8 Å². The predicted octanol–water partition coefficient (Wildman–Crippen LogP) is 2.71. The molecule has 1 aliphatic rings. The summed E-state index contributed by atoms with van der Waals surface area (Å²) in [6.07, 6.45) is 0.147. The molecule has 1 fully saturated rings. The van der Waals surface area contributed by atoms with Crippen LogP contribution >= 0.6 is 0 Å². The van der Waals surface area contributed by atoms with Crippen molar-refractivity contribution in [1.82, 2.24) is 4.90 Å². The average Bonchev–Trinajstić information content (AvgIpc) is 2.99. The Morgan fingerprint density at radius 2 is 2.04 bits per heavy atom. The number of likely N-dealkylation sites (tertiary alicyclic amines) is 1. The summed E-state index contributed by atoms with van der Waals surface area (Å²) in [5, 5.41) is 10.0. The minimum atomic E-state index is -0.543. The van der Waals surface area contributed by atoms with E-state index >= 15 is 0 Å². The normalized spacial score (nSPS) is 20.2. The third-order valence-electron chi connectivity index (χ3n) is 4.35. The molecule has 5 heteroatoms. The number of rotatable bonds is 4. The number of methoxy groups -OCH3 is 1. The van der Waals surface area contributed by atoms with Crippen molar-refractivity contribution in [2.24, 2.45) is 0 Å². The Labute approximate surface area is 140 Å². The molecule has 4 nitrogen and oxygen atoms in total. The third-order valence-corrected chi connectivity index (χ3v) is 4.35. The van der Waals surface area contributed by atoms with Gasteiger partial charge in [0.1, 0.15) is 11.6 Å². The molecule has 0 aromatic heterocycles. The number of halogens is 1. The first-order chi connectivity index (χ1) is 11.6. The number of aliphatic hydroxyl groups excluding tert-OH is 1. The van der Waals surface area contributed by atoms with E-state index in [0.717, 1.165) is 16.9 Å². The van der Waals surface area contributed by atoms with Crippen molar-refractivity contribution >= 4 is 5.91 Å². The van der Waals surface area contributed by atoms with Gasteiger partial charge in [0.25, 0.3) is 0 Å². The predicted molar refractivity (Wildman–Crippen MR) is 88.2 cm³/mol. The molecular formula is C19H20FNO3. The average molecular weight is 329 g/mol. The summed E-state index contributed by atoms with van der Waals surface area (Å²) in [6, 6.07) is 13.3. The molecular weight excluding hydrogens is 309 g/mol. The summed E-state index contributed by atoms with van der Waals surface area (Å²) in [7, 11) is 1.60. The number of hydrogen-bond acceptors (Lipinski definition) is 3. The highest BCUT2D eigenvalue weighted by Crippen LogP contribution is 2.34. The molecule has 1 N–H and O–H groups in total. The number of carbonyl (C=O) groups excluding carboxylic acids is 1. The minimum absolute atomic E-state index is 0.0778. The van der Waals surface area contributed by atoms with Gasteiger partial charge in [-0.15, -0.1) is 0 Å². The fourth-order valence-electron chi connectivity index (χ4n) is 3.13. The highest BCUT2D eigenvalue weighted by atomic mass is 19.1. The second kappa shape index (κ2) is 7.01. The van der Waals surface area contributed by atoms with E-state index in [4.69, 9.17) is 4.74 Å². The van der Waals surface area contributed by atoms with Crippen LogP contribution in [-0.2, 0) is 11.2 Å².